The molecule has 0 saturated heterocycles. The summed E-state index contributed by atoms with van der Waals surface area (Å²) in [6.45, 7) is 0. The van der Waals surface area contributed by atoms with E-state index in [1.54, 1.807) is 18.3 Å². The number of benzene rings is 1. The minimum absolute atomic E-state index is 0.0584. The number of pyridine rings is 1. The van der Waals surface area contributed by atoms with Crippen molar-refractivity contribution in [1.29, 1.82) is 0 Å². The lowest BCUT2D eigenvalue weighted by molar-refractivity contribution is -0.398. The largest absolute Gasteiger partial charge is 0.867 e. The minimum atomic E-state index is -0.768. The van der Waals surface area contributed by atoms with Crippen molar-refractivity contribution in [1.82, 2.24) is 4.98 Å². The zero-order valence-electron chi connectivity index (χ0n) is 9.49. The van der Waals surface area contributed by atoms with Crippen molar-refractivity contribution in [3.63, 3.8) is 0 Å². The smallest absolute Gasteiger partial charge is 0.263 e. The zero-order valence-corrected chi connectivity index (χ0v) is 10.2. The van der Waals surface area contributed by atoms with Crippen LogP contribution >= 0.6 is 11.6 Å². The van der Waals surface area contributed by atoms with Gasteiger partial charge in [0.05, 0.1) is 16.8 Å². The highest BCUT2D eigenvalue weighted by molar-refractivity contribution is 6.31. The van der Waals surface area contributed by atoms with Crippen LogP contribution in [0.5, 0.6) is 5.75 Å². The summed E-state index contributed by atoms with van der Waals surface area (Å²) < 4.78 is 0. The number of aliphatic imine (C=N–C) groups is 1. The molecule has 0 amide bonds. The number of rotatable bonds is 3. The summed E-state index contributed by atoms with van der Waals surface area (Å²) in [6, 6.07) is 5.72. The van der Waals surface area contributed by atoms with Crippen molar-refractivity contribution >= 4 is 29.2 Å². The van der Waals surface area contributed by atoms with E-state index < -0.39 is 16.4 Å². The number of nitrogens with zero attached hydrogens (tertiary/aromatic N) is 3. The Bertz CT molecular complexity index is 644. The molecule has 0 aliphatic rings. The van der Waals surface area contributed by atoms with Crippen molar-refractivity contribution in [3.05, 3.63) is 57.4 Å². The van der Waals surface area contributed by atoms with E-state index in [-0.39, 0.29) is 10.6 Å². The van der Waals surface area contributed by atoms with Crippen LogP contribution in [0.4, 0.5) is 11.4 Å². The predicted molar refractivity (Wildman–Crippen MR) is 69.0 cm³/mol. The Labute approximate surface area is 113 Å². The van der Waals surface area contributed by atoms with Gasteiger partial charge in [-0.15, -0.1) is 0 Å². The molecular formula is C12H7ClN3O3-. The quantitative estimate of drug-likeness (QED) is 0.489. The molecule has 1 heterocycles. The molecule has 1 aromatic heterocycles. The van der Waals surface area contributed by atoms with Crippen LogP contribution in [-0.2, 0) is 0 Å². The highest BCUT2D eigenvalue weighted by atomic mass is 35.5. The maximum atomic E-state index is 11.8. The van der Waals surface area contributed by atoms with E-state index in [0.717, 1.165) is 6.07 Å². The van der Waals surface area contributed by atoms with Gasteiger partial charge < -0.3 is 5.11 Å². The lowest BCUT2D eigenvalue weighted by Gasteiger charge is -2.10. The fourth-order valence-corrected chi connectivity index (χ4v) is 1.63. The Morgan fingerprint density at radius 2 is 2.21 bits per heavy atom. The molecule has 0 aliphatic heterocycles. The predicted octanol–water partition coefficient (Wildman–Crippen LogP) is 2.47. The standard InChI is InChI=1S/C12H8ClN3O3/c13-9-4-8(12(17)11(5-9)16(18)19)6-15-10-2-1-3-14-7-10/h1-7,17H/p-1. The lowest BCUT2D eigenvalue weighted by atomic mass is 10.2. The third kappa shape index (κ3) is 3.05. The normalized spacial score (nSPS) is 10.8. The topological polar surface area (TPSA) is 91.5 Å². The summed E-state index contributed by atoms with van der Waals surface area (Å²) in [4.78, 5) is 17.8. The van der Waals surface area contributed by atoms with Gasteiger partial charge in [0.25, 0.3) is 5.69 Å². The molecule has 0 bridgehead atoms. The summed E-state index contributed by atoms with van der Waals surface area (Å²) in [7, 11) is 0. The number of hydrogen-bond acceptors (Lipinski definition) is 5. The molecule has 2 aromatic rings. The molecular weight excluding hydrogens is 270 g/mol. The number of hydrogen-bond donors (Lipinski definition) is 0. The highest BCUT2D eigenvalue weighted by Crippen LogP contribution is 2.30. The van der Waals surface area contributed by atoms with E-state index in [1.165, 1.54) is 18.5 Å². The molecule has 19 heavy (non-hydrogen) atoms. The Morgan fingerprint density at radius 3 is 2.84 bits per heavy atom. The van der Waals surface area contributed by atoms with Crippen LogP contribution in [-0.4, -0.2) is 16.1 Å². The van der Waals surface area contributed by atoms with Gasteiger partial charge in [0, 0.05) is 23.5 Å². The van der Waals surface area contributed by atoms with Crippen LogP contribution < -0.4 is 5.11 Å². The molecule has 0 atom stereocenters. The Morgan fingerprint density at radius 1 is 1.42 bits per heavy atom. The molecule has 7 heteroatoms. The van der Waals surface area contributed by atoms with Crippen molar-refractivity contribution in [3.8, 4) is 5.75 Å². The van der Waals surface area contributed by atoms with Gasteiger partial charge in [0.1, 0.15) is 0 Å². The lowest BCUT2D eigenvalue weighted by Crippen LogP contribution is -2.02. The molecule has 0 spiro atoms. The second-order valence-electron chi connectivity index (χ2n) is 3.57. The van der Waals surface area contributed by atoms with E-state index in [4.69, 9.17) is 11.6 Å². The van der Waals surface area contributed by atoms with E-state index in [2.05, 4.69) is 9.98 Å². The first kappa shape index (κ1) is 13.0. The molecule has 0 saturated carbocycles. The SMILES string of the molecule is O=[N+]([O-])c1cc(Cl)cc(C=Nc2cccnc2)c1[O-]. The molecule has 6 nitrogen and oxygen atoms in total. The second kappa shape index (κ2) is 5.45. The van der Waals surface area contributed by atoms with Gasteiger partial charge >= 0.3 is 0 Å². The fraction of sp³-hybridized carbons (Fsp3) is 0. The van der Waals surface area contributed by atoms with E-state index in [1.807, 2.05) is 0 Å². The van der Waals surface area contributed by atoms with Crippen molar-refractivity contribution in [2.75, 3.05) is 0 Å². The first-order valence-electron chi connectivity index (χ1n) is 5.17. The van der Waals surface area contributed by atoms with Crippen molar-refractivity contribution in [2.45, 2.75) is 0 Å². The van der Waals surface area contributed by atoms with Gasteiger partial charge in [-0.05, 0) is 29.5 Å². The van der Waals surface area contributed by atoms with Crippen LogP contribution in [0.2, 0.25) is 5.02 Å². The van der Waals surface area contributed by atoms with E-state index in [0.29, 0.717) is 5.69 Å². The number of nitro benzene ring substituents is 1. The summed E-state index contributed by atoms with van der Waals surface area (Å²) >= 11 is 5.73. The molecule has 96 valence electrons. The maximum absolute atomic E-state index is 11.8. The monoisotopic (exact) mass is 276 g/mol. The number of nitro groups is 1. The third-order valence-electron chi connectivity index (χ3n) is 2.26. The van der Waals surface area contributed by atoms with Crippen molar-refractivity contribution < 1.29 is 10.0 Å². The summed E-state index contributed by atoms with van der Waals surface area (Å²) in [5, 5.41) is 22.6. The molecule has 1 aromatic carbocycles. The minimum Gasteiger partial charge on any atom is -0.867 e. The first-order valence-corrected chi connectivity index (χ1v) is 5.55. The molecule has 2 rings (SSSR count). The van der Waals surface area contributed by atoms with Gasteiger partial charge in [-0.1, -0.05) is 11.6 Å². The number of aromatic nitrogens is 1. The van der Waals surface area contributed by atoms with Crippen LogP contribution in [0.1, 0.15) is 5.56 Å². The van der Waals surface area contributed by atoms with Gasteiger partial charge in [-0.3, -0.25) is 20.1 Å². The average Bonchev–Trinajstić information content (AvgIpc) is 2.40. The Hall–Kier alpha value is -2.47. The number of halogens is 1. The molecule has 0 aliphatic carbocycles. The van der Waals surface area contributed by atoms with Crippen molar-refractivity contribution in [2.24, 2.45) is 4.99 Å². The molecule has 0 unspecified atom stereocenters. The summed E-state index contributed by atoms with van der Waals surface area (Å²) in [5.41, 5.74) is 0.0210. The molecule has 0 radical (unpaired) electrons. The Balaban J connectivity index is 2.41. The van der Waals surface area contributed by atoms with E-state index in [9.17, 15) is 15.2 Å². The Kier molecular flexibility index (Phi) is 3.72. The maximum Gasteiger partial charge on any atom is 0.263 e. The van der Waals surface area contributed by atoms with Crippen LogP contribution in [0, 0.1) is 10.1 Å². The first-order chi connectivity index (χ1) is 9.08. The molecule has 0 N–H and O–H groups in total. The van der Waals surface area contributed by atoms with Gasteiger partial charge in [-0.25, -0.2) is 0 Å². The van der Waals surface area contributed by atoms with Crippen LogP contribution in [0.15, 0.2) is 41.7 Å². The van der Waals surface area contributed by atoms with Crippen LogP contribution in [0.3, 0.4) is 0 Å². The third-order valence-corrected chi connectivity index (χ3v) is 2.48. The zero-order chi connectivity index (χ0) is 13.8. The van der Waals surface area contributed by atoms with Gasteiger partial charge in [-0.2, -0.15) is 0 Å². The highest BCUT2D eigenvalue weighted by Gasteiger charge is 2.11. The summed E-state index contributed by atoms with van der Waals surface area (Å²) in [5.74, 6) is -0.720. The van der Waals surface area contributed by atoms with Gasteiger partial charge in [0.2, 0.25) is 0 Å². The molecule has 0 fully saturated rings. The summed E-state index contributed by atoms with van der Waals surface area (Å²) in [6.07, 6.45) is 4.32. The fourth-order valence-electron chi connectivity index (χ4n) is 1.41. The van der Waals surface area contributed by atoms with E-state index >= 15 is 0 Å². The average molecular weight is 277 g/mol. The second-order valence-corrected chi connectivity index (χ2v) is 4.01. The van der Waals surface area contributed by atoms with Gasteiger partial charge in [0.15, 0.2) is 0 Å². The van der Waals surface area contributed by atoms with Crippen LogP contribution in [0.25, 0.3) is 0 Å².